The third kappa shape index (κ3) is 3.04. The van der Waals surface area contributed by atoms with E-state index in [1.807, 2.05) is 48.8 Å². The molecule has 0 spiro atoms. The maximum absolute atomic E-state index is 5.90. The number of nitrogen functional groups attached to an aromatic ring is 1. The van der Waals surface area contributed by atoms with Crippen LogP contribution in [0.4, 0.5) is 5.69 Å². The third-order valence-electron chi connectivity index (χ3n) is 2.86. The molecule has 0 unspecified atom stereocenters. The van der Waals surface area contributed by atoms with E-state index in [1.54, 1.807) is 0 Å². The first-order valence-corrected chi connectivity index (χ1v) is 5.74. The molecule has 2 aromatic rings. The van der Waals surface area contributed by atoms with Crippen LogP contribution in [-0.2, 0) is 6.54 Å². The fourth-order valence-corrected chi connectivity index (χ4v) is 1.73. The lowest BCUT2D eigenvalue weighted by Crippen LogP contribution is -2.18. The molecule has 88 valence electrons. The lowest BCUT2D eigenvalue weighted by atomic mass is 10.1. The van der Waals surface area contributed by atoms with Crippen LogP contribution in [0.5, 0.6) is 0 Å². The average Bonchev–Trinajstić information content (AvgIpc) is 2.38. The molecule has 0 saturated carbocycles. The van der Waals surface area contributed by atoms with E-state index in [-0.39, 0.29) is 6.04 Å². The van der Waals surface area contributed by atoms with Crippen molar-refractivity contribution in [1.29, 1.82) is 0 Å². The standard InChI is InChI=1S/C14H17N3/c1-11(12-6-8-16-9-7-12)17-10-13-4-2-3-5-14(13)15/h2-9,11,17H,10,15H2,1H3/t11-/m1/s1. The van der Waals surface area contributed by atoms with E-state index < -0.39 is 0 Å². The van der Waals surface area contributed by atoms with Gasteiger partial charge in [0.1, 0.15) is 0 Å². The van der Waals surface area contributed by atoms with Gasteiger partial charge < -0.3 is 11.1 Å². The van der Waals surface area contributed by atoms with Crippen molar-refractivity contribution in [2.45, 2.75) is 19.5 Å². The zero-order valence-electron chi connectivity index (χ0n) is 9.93. The van der Waals surface area contributed by atoms with Crippen molar-refractivity contribution < 1.29 is 0 Å². The molecule has 0 bridgehead atoms. The number of rotatable bonds is 4. The van der Waals surface area contributed by atoms with Crippen LogP contribution in [0.15, 0.2) is 48.8 Å². The number of nitrogens with zero attached hydrogens (tertiary/aromatic N) is 1. The van der Waals surface area contributed by atoms with Crippen molar-refractivity contribution in [3.63, 3.8) is 0 Å². The summed E-state index contributed by atoms with van der Waals surface area (Å²) in [7, 11) is 0. The number of pyridine rings is 1. The van der Waals surface area contributed by atoms with E-state index in [0.29, 0.717) is 0 Å². The van der Waals surface area contributed by atoms with Crippen LogP contribution in [0, 0.1) is 0 Å². The van der Waals surface area contributed by atoms with Crippen molar-refractivity contribution in [3.8, 4) is 0 Å². The zero-order chi connectivity index (χ0) is 12.1. The summed E-state index contributed by atoms with van der Waals surface area (Å²) in [6.45, 7) is 2.91. The summed E-state index contributed by atoms with van der Waals surface area (Å²) in [6, 6.07) is 12.3. The Kier molecular flexibility index (Phi) is 3.73. The highest BCUT2D eigenvalue weighted by Crippen LogP contribution is 2.14. The molecule has 1 atom stereocenters. The molecule has 0 saturated heterocycles. The normalized spacial score (nSPS) is 12.3. The summed E-state index contributed by atoms with van der Waals surface area (Å²) in [5.41, 5.74) is 9.09. The van der Waals surface area contributed by atoms with Crippen LogP contribution in [0.3, 0.4) is 0 Å². The van der Waals surface area contributed by atoms with Gasteiger partial charge in [0.25, 0.3) is 0 Å². The molecular formula is C14H17N3. The molecule has 1 aromatic heterocycles. The fraction of sp³-hybridized carbons (Fsp3) is 0.214. The van der Waals surface area contributed by atoms with Gasteiger partial charge in [0, 0.05) is 30.7 Å². The lowest BCUT2D eigenvalue weighted by Gasteiger charge is -2.14. The molecule has 17 heavy (non-hydrogen) atoms. The van der Waals surface area contributed by atoms with Gasteiger partial charge in [-0.05, 0) is 36.2 Å². The van der Waals surface area contributed by atoms with Gasteiger partial charge in [-0.1, -0.05) is 18.2 Å². The average molecular weight is 227 g/mol. The zero-order valence-corrected chi connectivity index (χ0v) is 9.93. The van der Waals surface area contributed by atoms with Gasteiger partial charge in [-0.3, -0.25) is 4.98 Å². The minimum Gasteiger partial charge on any atom is -0.398 e. The number of aromatic nitrogens is 1. The van der Waals surface area contributed by atoms with Gasteiger partial charge >= 0.3 is 0 Å². The second kappa shape index (κ2) is 5.46. The predicted molar refractivity (Wildman–Crippen MR) is 70.3 cm³/mol. The highest BCUT2D eigenvalue weighted by atomic mass is 14.9. The first kappa shape index (κ1) is 11.6. The highest BCUT2D eigenvalue weighted by molar-refractivity contribution is 5.46. The monoisotopic (exact) mass is 227 g/mol. The first-order chi connectivity index (χ1) is 8.27. The smallest absolute Gasteiger partial charge is 0.0359 e. The number of anilines is 1. The number of para-hydroxylation sites is 1. The van der Waals surface area contributed by atoms with Crippen molar-refractivity contribution >= 4 is 5.69 Å². The van der Waals surface area contributed by atoms with Crippen LogP contribution in [-0.4, -0.2) is 4.98 Å². The Labute approximate surface area is 102 Å². The van der Waals surface area contributed by atoms with Gasteiger partial charge in [-0.2, -0.15) is 0 Å². The SMILES string of the molecule is C[C@@H](NCc1ccccc1N)c1ccncc1. The molecule has 0 aliphatic heterocycles. The minimum absolute atomic E-state index is 0.289. The molecule has 0 aliphatic rings. The van der Waals surface area contributed by atoms with E-state index in [4.69, 9.17) is 5.73 Å². The Morgan fingerprint density at radius 2 is 1.88 bits per heavy atom. The summed E-state index contributed by atoms with van der Waals surface area (Å²) in [5, 5.41) is 3.45. The van der Waals surface area contributed by atoms with Crippen molar-refractivity contribution in [2.24, 2.45) is 0 Å². The van der Waals surface area contributed by atoms with E-state index in [0.717, 1.165) is 17.8 Å². The Morgan fingerprint density at radius 1 is 1.18 bits per heavy atom. The second-order valence-corrected chi connectivity index (χ2v) is 4.08. The molecule has 3 nitrogen and oxygen atoms in total. The van der Waals surface area contributed by atoms with Gasteiger partial charge in [0.05, 0.1) is 0 Å². The molecule has 2 rings (SSSR count). The van der Waals surface area contributed by atoms with E-state index in [1.165, 1.54) is 5.56 Å². The number of nitrogens with one attached hydrogen (secondary N) is 1. The predicted octanol–water partition coefficient (Wildman–Crippen LogP) is 2.51. The van der Waals surface area contributed by atoms with Gasteiger partial charge in [0.2, 0.25) is 0 Å². The maximum atomic E-state index is 5.90. The highest BCUT2D eigenvalue weighted by Gasteiger charge is 2.05. The molecule has 1 aromatic carbocycles. The Morgan fingerprint density at radius 3 is 2.59 bits per heavy atom. The molecular weight excluding hydrogens is 210 g/mol. The van der Waals surface area contributed by atoms with Crippen molar-refractivity contribution in [1.82, 2.24) is 10.3 Å². The quantitative estimate of drug-likeness (QED) is 0.789. The van der Waals surface area contributed by atoms with E-state index in [9.17, 15) is 0 Å². The minimum atomic E-state index is 0.289. The molecule has 0 radical (unpaired) electrons. The van der Waals surface area contributed by atoms with Gasteiger partial charge in [-0.25, -0.2) is 0 Å². The summed E-state index contributed by atoms with van der Waals surface area (Å²) in [4.78, 5) is 4.01. The van der Waals surface area contributed by atoms with E-state index in [2.05, 4.69) is 17.2 Å². The van der Waals surface area contributed by atoms with Crippen LogP contribution < -0.4 is 11.1 Å². The third-order valence-corrected chi connectivity index (χ3v) is 2.86. The Bertz CT molecular complexity index is 468. The van der Waals surface area contributed by atoms with Crippen LogP contribution in [0.2, 0.25) is 0 Å². The molecule has 0 amide bonds. The molecule has 3 N–H and O–H groups in total. The largest absolute Gasteiger partial charge is 0.398 e. The van der Waals surface area contributed by atoms with Gasteiger partial charge in [0.15, 0.2) is 0 Å². The fourth-order valence-electron chi connectivity index (χ4n) is 1.73. The number of hydrogen-bond acceptors (Lipinski definition) is 3. The van der Waals surface area contributed by atoms with Crippen LogP contribution >= 0.6 is 0 Å². The summed E-state index contributed by atoms with van der Waals surface area (Å²) in [5.74, 6) is 0. The second-order valence-electron chi connectivity index (χ2n) is 4.08. The first-order valence-electron chi connectivity index (χ1n) is 5.74. The van der Waals surface area contributed by atoms with Gasteiger partial charge in [-0.15, -0.1) is 0 Å². The number of nitrogens with two attached hydrogens (primary N) is 1. The lowest BCUT2D eigenvalue weighted by molar-refractivity contribution is 0.575. The molecule has 3 heteroatoms. The van der Waals surface area contributed by atoms with E-state index >= 15 is 0 Å². The molecule has 0 fully saturated rings. The maximum Gasteiger partial charge on any atom is 0.0359 e. The van der Waals surface area contributed by atoms with Crippen LogP contribution in [0.1, 0.15) is 24.1 Å². The van der Waals surface area contributed by atoms with Crippen molar-refractivity contribution in [3.05, 3.63) is 59.9 Å². The molecule has 0 aliphatic carbocycles. The Balaban J connectivity index is 1.97. The van der Waals surface area contributed by atoms with Crippen LogP contribution in [0.25, 0.3) is 0 Å². The number of hydrogen-bond donors (Lipinski definition) is 2. The Hall–Kier alpha value is -1.87. The summed E-state index contributed by atoms with van der Waals surface area (Å²) >= 11 is 0. The topological polar surface area (TPSA) is 50.9 Å². The number of benzene rings is 1. The summed E-state index contributed by atoms with van der Waals surface area (Å²) < 4.78 is 0. The summed E-state index contributed by atoms with van der Waals surface area (Å²) in [6.07, 6.45) is 3.62. The molecule has 1 heterocycles. The van der Waals surface area contributed by atoms with Crippen molar-refractivity contribution in [2.75, 3.05) is 5.73 Å².